The monoisotopic (exact) mass is 493 g/mol. The van der Waals surface area contributed by atoms with Crippen LogP contribution in [-0.2, 0) is 30.3 Å². The van der Waals surface area contributed by atoms with Crippen LogP contribution in [0.5, 0.6) is 5.75 Å². The van der Waals surface area contributed by atoms with Crippen molar-refractivity contribution in [2.24, 2.45) is 17.8 Å². The minimum atomic E-state index is -0.844. The summed E-state index contributed by atoms with van der Waals surface area (Å²) in [6.07, 6.45) is 1.58. The number of nitrogens with one attached hydrogen (secondary N) is 3. The Morgan fingerprint density at radius 2 is 1.91 bits per heavy atom. The first-order valence-corrected chi connectivity index (χ1v) is 12.2. The summed E-state index contributed by atoms with van der Waals surface area (Å²) in [5.74, 6) is -2.00. The molecule has 3 rings (SSSR count). The number of fused-ring (bicyclic) bond motifs is 11. The molecular weight excluding hydrogens is 454 g/mol. The number of hydrogen-bond donors (Lipinski definition) is 4. The zero-order chi connectivity index (χ0) is 25.6. The number of rotatable bonds is 10. The Morgan fingerprint density at radius 1 is 1.17 bits per heavy atom. The Balaban J connectivity index is 2.24. The molecule has 35 heavy (non-hydrogen) atoms. The summed E-state index contributed by atoms with van der Waals surface area (Å²) in [5.41, 5.74) is 2.57. The highest BCUT2D eigenvalue weighted by atomic mass is 16.5. The average molecular weight is 494 g/mol. The summed E-state index contributed by atoms with van der Waals surface area (Å²) in [4.78, 5) is 39.0. The van der Waals surface area contributed by atoms with Gasteiger partial charge in [-0.15, -0.1) is 0 Å². The van der Waals surface area contributed by atoms with Crippen LogP contribution >= 0.6 is 0 Å². The molecule has 10 heteroatoms. The van der Waals surface area contributed by atoms with Gasteiger partial charge < -0.3 is 24.8 Å². The fraction of sp³-hybridized carbons (Fsp3) is 0.640. The SMILES string of the molecule is COCCOCCNC(=O)[C@@H]1Cc2ccc(cc2)OCCC[C@H](C(=O)NO)[C@@H](CC(C)C)C(=O)N1. The molecule has 2 aliphatic heterocycles. The van der Waals surface area contributed by atoms with E-state index in [-0.39, 0.29) is 24.8 Å². The van der Waals surface area contributed by atoms with E-state index >= 15 is 0 Å². The third-order valence-electron chi connectivity index (χ3n) is 5.90. The van der Waals surface area contributed by atoms with Gasteiger partial charge in [-0.1, -0.05) is 26.0 Å². The number of hydrogen-bond acceptors (Lipinski definition) is 7. The molecule has 1 aromatic rings. The lowest BCUT2D eigenvalue weighted by atomic mass is 9.81. The molecule has 0 aliphatic carbocycles. The number of methoxy groups -OCH3 is 1. The lowest BCUT2D eigenvalue weighted by molar-refractivity contribution is -0.142. The van der Waals surface area contributed by atoms with Crippen LogP contribution in [0.15, 0.2) is 24.3 Å². The smallest absolute Gasteiger partial charge is 0.247 e. The normalized spacial score (nSPS) is 21.1. The zero-order valence-electron chi connectivity index (χ0n) is 20.9. The largest absolute Gasteiger partial charge is 0.494 e. The summed E-state index contributed by atoms with van der Waals surface area (Å²) < 4.78 is 16.1. The predicted octanol–water partition coefficient (Wildman–Crippen LogP) is 1.45. The van der Waals surface area contributed by atoms with E-state index in [0.717, 1.165) is 5.56 Å². The van der Waals surface area contributed by atoms with Crippen LogP contribution in [0.4, 0.5) is 0 Å². The molecule has 2 aliphatic rings. The number of carbonyl (C=O) groups is 3. The number of amides is 3. The molecule has 4 N–H and O–H groups in total. The van der Waals surface area contributed by atoms with Crippen LogP contribution in [0.3, 0.4) is 0 Å². The van der Waals surface area contributed by atoms with Crippen molar-refractivity contribution < 1.29 is 33.8 Å². The molecule has 196 valence electrons. The van der Waals surface area contributed by atoms with E-state index in [1.165, 1.54) is 0 Å². The van der Waals surface area contributed by atoms with Gasteiger partial charge in [0.1, 0.15) is 11.8 Å². The van der Waals surface area contributed by atoms with E-state index in [1.54, 1.807) is 12.6 Å². The lowest BCUT2D eigenvalue weighted by Gasteiger charge is -2.29. The number of benzene rings is 1. The molecule has 0 spiro atoms. The summed E-state index contributed by atoms with van der Waals surface area (Å²) >= 11 is 0. The van der Waals surface area contributed by atoms with Gasteiger partial charge in [-0.05, 0) is 42.9 Å². The zero-order valence-corrected chi connectivity index (χ0v) is 20.9. The highest BCUT2D eigenvalue weighted by molar-refractivity contribution is 5.91. The van der Waals surface area contributed by atoms with Gasteiger partial charge in [0.15, 0.2) is 0 Å². The Hall–Kier alpha value is -2.69. The second-order valence-electron chi connectivity index (χ2n) is 9.11. The van der Waals surface area contributed by atoms with Crippen LogP contribution in [0, 0.1) is 17.8 Å². The highest BCUT2D eigenvalue weighted by Gasteiger charge is 2.36. The Morgan fingerprint density at radius 3 is 2.57 bits per heavy atom. The minimum Gasteiger partial charge on any atom is -0.494 e. The van der Waals surface area contributed by atoms with Crippen molar-refractivity contribution in [3.05, 3.63) is 29.8 Å². The van der Waals surface area contributed by atoms with Crippen molar-refractivity contribution in [3.63, 3.8) is 0 Å². The van der Waals surface area contributed by atoms with E-state index in [0.29, 0.717) is 51.4 Å². The molecule has 2 heterocycles. The van der Waals surface area contributed by atoms with E-state index in [4.69, 9.17) is 14.2 Å². The standard InChI is InChI=1S/C25H39N3O7/c1-17(2)15-21-20(24(30)28-32)5-4-11-35-19-8-6-18(7-9-19)16-22(27-23(21)29)25(31)26-10-12-34-14-13-33-3/h6-9,17,20-22,32H,4-5,10-16H2,1-3H3,(H,26,31)(H,27,29)(H,28,30)/t20-,21+,22-/m0/s1. The van der Waals surface area contributed by atoms with E-state index in [9.17, 15) is 19.6 Å². The molecular formula is C25H39N3O7. The van der Waals surface area contributed by atoms with Gasteiger partial charge in [-0.25, -0.2) is 5.48 Å². The quantitative estimate of drug-likeness (QED) is 0.220. The first kappa shape index (κ1) is 28.5. The van der Waals surface area contributed by atoms with Crippen molar-refractivity contribution in [1.82, 2.24) is 16.1 Å². The second kappa shape index (κ2) is 15.3. The fourth-order valence-electron chi connectivity index (χ4n) is 4.11. The Kier molecular flexibility index (Phi) is 12.5. The van der Waals surface area contributed by atoms with Crippen molar-refractivity contribution in [2.75, 3.05) is 40.1 Å². The Labute approximate surface area is 207 Å². The second-order valence-corrected chi connectivity index (χ2v) is 9.11. The molecule has 0 unspecified atom stereocenters. The van der Waals surface area contributed by atoms with Crippen LogP contribution in [0.25, 0.3) is 0 Å². The molecule has 0 aromatic heterocycles. The van der Waals surface area contributed by atoms with E-state index in [2.05, 4.69) is 10.6 Å². The average Bonchev–Trinajstić information content (AvgIpc) is 2.84. The molecule has 1 aromatic carbocycles. The van der Waals surface area contributed by atoms with Crippen LogP contribution in [-0.4, -0.2) is 69.1 Å². The maximum absolute atomic E-state index is 13.4. The van der Waals surface area contributed by atoms with Gasteiger partial charge in [-0.2, -0.15) is 0 Å². The molecule has 3 amide bonds. The van der Waals surface area contributed by atoms with Crippen LogP contribution in [0.1, 0.15) is 38.7 Å². The van der Waals surface area contributed by atoms with E-state index < -0.39 is 29.7 Å². The minimum absolute atomic E-state index is 0.123. The van der Waals surface area contributed by atoms with E-state index in [1.807, 2.05) is 38.1 Å². The third kappa shape index (κ3) is 9.83. The molecule has 0 fully saturated rings. The number of carbonyl (C=O) groups excluding carboxylic acids is 3. The van der Waals surface area contributed by atoms with Crippen molar-refractivity contribution in [3.8, 4) is 5.75 Å². The van der Waals surface area contributed by atoms with Crippen molar-refractivity contribution in [1.29, 1.82) is 0 Å². The lowest BCUT2D eigenvalue weighted by Crippen LogP contribution is -2.52. The van der Waals surface area contributed by atoms with Crippen LogP contribution in [0.2, 0.25) is 0 Å². The predicted molar refractivity (Wildman–Crippen MR) is 129 cm³/mol. The van der Waals surface area contributed by atoms with Gasteiger partial charge in [0, 0.05) is 26.0 Å². The van der Waals surface area contributed by atoms with Gasteiger partial charge in [0.25, 0.3) is 0 Å². The van der Waals surface area contributed by atoms with Gasteiger partial charge >= 0.3 is 0 Å². The van der Waals surface area contributed by atoms with Gasteiger partial charge in [-0.3, -0.25) is 19.6 Å². The first-order chi connectivity index (χ1) is 16.8. The first-order valence-electron chi connectivity index (χ1n) is 12.2. The van der Waals surface area contributed by atoms with Crippen molar-refractivity contribution in [2.45, 2.75) is 45.6 Å². The number of ether oxygens (including phenoxy) is 3. The molecule has 0 saturated heterocycles. The maximum Gasteiger partial charge on any atom is 0.247 e. The molecule has 10 nitrogen and oxygen atoms in total. The summed E-state index contributed by atoms with van der Waals surface area (Å²) in [6.45, 7) is 5.79. The summed E-state index contributed by atoms with van der Waals surface area (Å²) in [6, 6.07) is 6.54. The molecule has 0 radical (unpaired) electrons. The fourth-order valence-corrected chi connectivity index (χ4v) is 4.11. The molecule has 0 saturated carbocycles. The molecule has 3 atom stereocenters. The topological polar surface area (TPSA) is 135 Å². The third-order valence-corrected chi connectivity index (χ3v) is 5.90. The summed E-state index contributed by atoms with van der Waals surface area (Å²) in [7, 11) is 1.58. The maximum atomic E-state index is 13.4. The van der Waals surface area contributed by atoms with Crippen LogP contribution < -0.4 is 20.9 Å². The highest BCUT2D eigenvalue weighted by Crippen LogP contribution is 2.27. The van der Waals surface area contributed by atoms with Gasteiger partial charge in [0.05, 0.1) is 32.3 Å². The van der Waals surface area contributed by atoms with Gasteiger partial charge in [0.2, 0.25) is 17.7 Å². The number of hydroxylamine groups is 1. The molecule has 2 bridgehead atoms. The van der Waals surface area contributed by atoms with Crippen molar-refractivity contribution >= 4 is 17.7 Å². The summed E-state index contributed by atoms with van der Waals surface area (Å²) in [5, 5.41) is 15.0. The Bertz CT molecular complexity index is 801.